The van der Waals surface area contributed by atoms with E-state index in [0.29, 0.717) is 0 Å². The van der Waals surface area contributed by atoms with Gasteiger partial charge in [-0.05, 0) is 44.3 Å². The van der Waals surface area contributed by atoms with Gasteiger partial charge in [0.2, 0.25) is 35.4 Å². The fourth-order valence-corrected chi connectivity index (χ4v) is 8.16. The maximum atomic E-state index is 14.3. The van der Waals surface area contributed by atoms with Gasteiger partial charge in [0.1, 0.15) is 18.1 Å². The van der Waals surface area contributed by atoms with Crippen LogP contribution < -0.4 is 21.7 Å². The highest BCUT2D eigenvalue weighted by molar-refractivity contribution is 8.00. The number of nitrogens with one attached hydrogen (secondary N) is 3. The number of carbonyl (C=O) groups is 8. The molecule has 18 heteroatoms. The Kier molecular flexibility index (Phi) is 19.0. The first-order valence-corrected chi connectivity index (χ1v) is 21.0. The van der Waals surface area contributed by atoms with Crippen molar-refractivity contribution in [2.24, 2.45) is 17.1 Å². The summed E-state index contributed by atoms with van der Waals surface area (Å²) in [6.45, 7) is 14.5. The van der Waals surface area contributed by atoms with Crippen LogP contribution >= 0.6 is 11.8 Å². The van der Waals surface area contributed by atoms with Gasteiger partial charge in [0.25, 0.3) is 0 Å². The number of aliphatic carboxylic acids is 2. The van der Waals surface area contributed by atoms with Crippen molar-refractivity contribution >= 4 is 59.1 Å². The number of hydrogen-bond acceptors (Lipinski definition) is 11. The van der Waals surface area contributed by atoms with Crippen molar-refractivity contribution < 1.29 is 48.6 Å². The van der Waals surface area contributed by atoms with Gasteiger partial charge >= 0.3 is 11.9 Å². The largest absolute Gasteiger partial charge is 0.480 e. The van der Waals surface area contributed by atoms with E-state index in [-0.39, 0.29) is 61.4 Å². The number of likely N-dealkylation sites (tertiary alicyclic amines) is 1. The number of amides is 6. The third-order valence-corrected chi connectivity index (χ3v) is 11.9. The second-order valence-corrected chi connectivity index (χ2v) is 18.6. The normalized spacial score (nSPS) is 17.5. The minimum absolute atomic E-state index is 0.0547. The molecule has 1 heterocycles. The van der Waals surface area contributed by atoms with Gasteiger partial charge in [-0.3, -0.25) is 43.4 Å². The highest BCUT2D eigenvalue weighted by Gasteiger charge is 2.43. The molecule has 0 aromatic heterocycles. The number of benzene rings is 1. The molecule has 60 heavy (non-hydrogen) atoms. The number of nitrogens with two attached hydrogens (primary N) is 1. The molecule has 1 aromatic carbocycles. The van der Waals surface area contributed by atoms with Crippen molar-refractivity contribution in [3.05, 3.63) is 47.5 Å². The van der Waals surface area contributed by atoms with E-state index in [9.17, 15) is 43.5 Å². The van der Waals surface area contributed by atoms with Crippen molar-refractivity contribution in [3.63, 3.8) is 0 Å². The molecule has 2 unspecified atom stereocenters. The van der Waals surface area contributed by atoms with Gasteiger partial charge in [-0.1, -0.05) is 84.9 Å². The molecule has 17 nitrogen and oxygen atoms in total. The molecule has 6 atom stereocenters. The Morgan fingerprint density at radius 1 is 0.967 bits per heavy atom. The number of thioether (sulfide) groups is 1. The average molecular weight is 860 g/mol. The number of likely N-dealkylation sites (N-methyl/N-ethyl adjacent to an activating group) is 2. The molecule has 0 bridgehead atoms. The zero-order valence-corrected chi connectivity index (χ0v) is 37.6. The Morgan fingerprint density at radius 2 is 1.57 bits per heavy atom. The Labute approximate surface area is 357 Å². The lowest BCUT2D eigenvalue weighted by molar-refractivity contribution is -0.142. The molecule has 1 aromatic rings. The van der Waals surface area contributed by atoms with Crippen molar-refractivity contribution in [3.8, 4) is 0 Å². The molecule has 0 spiro atoms. The molecule has 0 aliphatic carbocycles. The molecular formula is C42H65N7O10S. The van der Waals surface area contributed by atoms with Crippen molar-refractivity contribution in [2.75, 3.05) is 40.0 Å². The Balaban J connectivity index is 2.09. The maximum Gasteiger partial charge on any atom is 0.326 e. The summed E-state index contributed by atoms with van der Waals surface area (Å²) in [7, 11) is 5.24. The van der Waals surface area contributed by atoms with Crippen LogP contribution in [0.3, 0.4) is 0 Å². The summed E-state index contributed by atoms with van der Waals surface area (Å²) >= 11 is 0.977. The first-order valence-electron chi connectivity index (χ1n) is 19.9. The lowest BCUT2D eigenvalue weighted by Crippen LogP contribution is -2.61. The zero-order chi connectivity index (χ0) is 45.9. The van der Waals surface area contributed by atoms with E-state index in [2.05, 4.69) is 16.0 Å². The van der Waals surface area contributed by atoms with E-state index in [1.165, 1.54) is 11.8 Å². The number of carbonyl (C=O) groups excluding carboxylic acids is 6. The molecule has 334 valence electrons. The summed E-state index contributed by atoms with van der Waals surface area (Å²) in [5.74, 6) is -5.81. The average Bonchev–Trinajstić information content (AvgIpc) is 3.42. The summed E-state index contributed by atoms with van der Waals surface area (Å²) in [6, 6.07) is 4.84. The quantitative estimate of drug-likeness (QED) is 0.0718. The number of carboxylic acid groups (broad SMARTS) is 2. The van der Waals surface area contributed by atoms with Gasteiger partial charge in [-0.2, -0.15) is 0 Å². The molecule has 7 N–H and O–H groups in total. The van der Waals surface area contributed by atoms with Crippen LogP contribution in [0.1, 0.15) is 80.2 Å². The fourth-order valence-electron chi connectivity index (χ4n) is 7.05. The molecule has 1 fully saturated rings. The van der Waals surface area contributed by atoms with Crippen molar-refractivity contribution in [1.29, 1.82) is 0 Å². The number of imide groups is 1. The molecule has 0 saturated carbocycles. The van der Waals surface area contributed by atoms with Crippen LogP contribution in [0.4, 0.5) is 0 Å². The van der Waals surface area contributed by atoms with Crippen LogP contribution in [-0.4, -0.2) is 148 Å². The molecule has 2 rings (SSSR count). The van der Waals surface area contributed by atoms with Crippen molar-refractivity contribution in [2.45, 2.75) is 116 Å². The van der Waals surface area contributed by atoms with Crippen LogP contribution in [-0.2, 0) is 43.8 Å². The summed E-state index contributed by atoms with van der Waals surface area (Å²) in [5.41, 5.74) is 5.25. The van der Waals surface area contributed by atoms with Crippen LogP contribution in [0.5, 0.6) is 0 Å². The van der Waals surface area contributed by atoms with E-state index in [0.717, 1.165) is 22.2 Å². The van der Waals surface area contributed by atoms with E-state index in [1.54, 1.807) is 13.1 Å². The molecule has 1 aliphatic heterocycles. The maximum absolute atomic E-state index is 14.3. The Bertz CT molecular complexity index is 1760. The van der Waals surface area contributed by atoms with Gasteiger partial charge in [-0.15, -0.1) is 11.8 Å². The van der Waals surface area contributed by atoms with Gasteiger partial charge in [-0.25, -0.2) is 4.79 Å². The van der Waals surface area contributed by atoms with E-state index in [4.69, 9.17) is 10.8 Å². The standard InChI is InChI=1S/C42H65N7O10S/c1-24(2)29(48(11)38(55)33(41(4,5)6)46-36(53)34(47(9)10)42(7,8)26-15-13-12-14-16-26)21-25(3)35(52)45-28(40(58)59)17-18-31(50)44-19-20-49-32(51)22-30(37(49)54)60-23-27(43)39(56)57/h12-16,21,24,27-30,33-34H,17-20,22-23,43H2,1-11H3,(H,44,50)(H,45,52)(H,46,53)(H,56,57)(H,58,59)/b25-21+/t27-,28+,29+,30?,33?,34+/m0/s1. The molecule has 1 aliphatic rings. The first kappa shape index (κ1) is 51.3. The second-order valence-electron chi connectivity index (χ2n) is 17.4. The fraction of sp³-hybridized carbons (Fsp3) is 0.619. The van der Waals surface area contributed by atoms with Crippen LogP contribution in [0.2, 0.25) is 0 Å². The number of nitrogens with zero attached hydrogens (tertiary/aromatic N) is 3. The monoisotopic (exact) mass is 859 g/mol. The summed E-state index contributed by atoms with van der Waals surface area (Å²) < 4.78 is 0. The summed E-state index contributed by atoms with van der Waals surface area (Å²) in [5, 5.41) is 26.1. The molecule has 1 saturated heterocycles. The lowest BCUT2D eigenvalue weighted by atomic mass is 9.76. The Morgan fingerprint density at radius 3 is 2.08 bits per heavy atom. The Hall–Kier alpha value is -4.81. The van der Waals surface area contributed by atoms with Crippen LogP contribution in [0.25, 0.3) is 0 Å². The minimum Gasteiger partial charge on any atom is -0.480 e. The smallest absolute Gasteiger partial charge is 0.326 e. The molecule has 0 radical (unpaired) electrons. The summed E-state index contributed by atoms with van der Waals surface area (Å²) in [6.07, 6.45) is 0.898. The number of hydrogen-bond donors (Lipinski definition) is 6. The highest BCUT2D eigenvalue weighted by atomic mass is 32.2. The van der Waals surface area contributed by atoms with Gasteiger partial charge in [0, 0.05) is 49.7 Å². The molecule has 6 amide bonds. The third-order valence-electron chi connectivity index (χ3n) is 10.5. The topological polar surface area (TPSA) is 249 Å². The van der Waals surface area contributed by atoms with Gasteiger partial charge < -0.3 is 36.8 Å². The lowest BCUT2D eigenvalue weighted by Gasteiger charge is -2.41. The van der Waals surface area contributed by atoms with E-state index < -0.39 is 81.9 Å². The predicted molar refractivity (Wildman–Crippen MR) is 228 cm³/mol. The minimum atomic E-state index is -1.44. The summed E-state index contributed by atoms with van der Waals surface area (Å²) in [4.78, 5) is 107. The van der Waals surface area contributed by atoms with Gasteiger partial charge in [0.05, 0.1) is 17.3 Å². The highest BCUT2D eigenvalue weighted by Crippen LogP contribution is 2.31. The predicted octanol–water partition coefficient (Wildman–Crippen LogP) is 1.59. The van der Waals surface area contributed by atoms with E-state index in [1.807, 2.05) is 97.8 Å². The second kappa shape index (κ2) is 22.2. The molecular weight excluding hydrogens is 795 g/mol. The number of rotatable bonds is 22. The van der Waals surface area contributed by atoms with E-state index >= 15 is 0 Å². The van der Waals surface area contributed by atoms with Crippen LogP contribution in [0, 0.1) is 11.3 Å². The van der Waals surface area contributed by atoms with Gasteiger partial charge in [0.15, 0.2) is 0 Å². The SMILES string of the molecule is C/C(=C\[C@H](C(C)C)N(C)C(=O)C(NC(=O)[C@@H](N(C)C)C(C)(C)c1ccccc1)C(C)(C)C)C(=O)N[C@H](CCC(=O)NCCN1C(=O)CC(SC[C@H](N)C(=O)O)C1=O)C(=O)O. The third kappa shape index (κ3) is 14.1. The zero-order valence-electron chi connectivity index (χ0n) is 36.7. The number of carboxylic acids is 2. The first-order chi connectivity index (χ1) is 27.7. The van der Waals surface area contributed by atoms with Crippen LogP contribution in [0.15, 0.2) is 42.0 Å². The van der Waals surface area contributed by atoms with Crippen molar-refractivity contribution in [1.82, 2.24) is 30.7 Å².